The summed E-state index contributed by atoms with van der Waals surface area (Å²) < 4.78 is 210. The Balaban J connectivity index is 0.000000254. The smallest absolute Gasteiger partial charge is 0.363 e. The van der Waals surface area contributed by atoms with E-state index in [4.69, 9.17) is 83.9 Å². The topological polar surface area (TPSA) is 280 Å². The highest BCUT2D eigenvalue weighted by Gasteiger charge is 2.39. The zero-order valence-corrected chi connectivity index (χ0v) is 61.0. The fraction of sp³-hybridized carbons (Fsp3) is 0.150. The number of aromatic nitrogens is 6. The first-order valence-corrected chi connectivity index (χ1v) is 34.5. The lowest BCUT2D eigenvalue weighted by molar-refractivity contribution is -0.138. The number of pyridine rings is 6. The molecule has 0 unspecified atom stereocenters. The Morgan fingerprint density at radius 2 is 0.843 bits per heavy atom. The number of ketones is 2. The van der Waals surface area contributed by atoms with Crippen LogP contribution in [-0.2, 0) is 62.9 Å². The van der Waals surface area contributed by atoms with Crippen molar-refractivity contribution in [3.63, 3.8) is 0 Å². The van der Waals surface area contributed by atoms with Crippen LogP contribution in [0.3, 0.4) is 0 Å². The van der Waals surface area contributed by atoms with Gasteiger partial charge in [0.15, 0.2) is 0 Å². The third-order valence-electron chi connectivity index (χ3n) is 12.6. The second-order valence-corrected chi connectivity index (χ2v) is 28.1. The van der Waals surface area contributed by atoms with Crippen LogP contribution in [0.15, 0.2) is 184 Å². The van der Waals surface area contributed by atoms with Gasteiger partial charge in [-0.25, -0.2) is 53.9 Å². The van der Waals surface area contributed by atoms with Crippen LogP contribution in [0.1, 0.15) is 59.5 Å². The van der Waals surface area contributed by atoms with Gasteiger partial charge in [-0.3, -0.25) is 38.9 Å². The summed E-state index contributed by atoms with van der Waals surface area (Å²) in [6.07, 6.45) is -6.76. The lowest BCUT2D eigenvalue weighted by atomic mass is 10.1. The molecule has 0 aliphatic heterocycles. The minimum atomic E-state index is -4.90. The minimum Gasteiger partial charge on any atom is -0.363 e. The molecule has 1 N–H and O–H groups in total. The number of hydrogen-bond donors (Lipinski definition) is 1. The Morgan fingerprint density at radius 1 is 0.480 bits per heavy atom. The van der Waals surface area contributed by atoms with Gasteiger partial charge in [-0.1, -0.05) is 87.8 Å². The maximum atomic E-state index is 13.4. The normalized spacial score (nSPS) is 11.6. The number of benzene rings is 3. The maximum Gasteiger partial charge on any atom is 0.417 e. The van der Waals surface area contributed by atoms with Crippen molar-refractivity contribution in [3.8, 4) is 0 Å². The van der Waals surface area contributed by atoms with Gasteiger partial charge in [0.05, 0.1) is 85.7 Å². The van der Waals surface area contributed by atoms with Crippen molar-refractivity contribution < 1.29 is 93.5 Å². The first kappa shape index (κ1) is 85.0. The summed E-state index contributed by atoms with van der Waals surface area (Å²) >= 11 is 37.5. The van der Waals surface area contributed by atoms with Gasteiger partial charge in [0.25, 0.3) is 36.0 Å². The largest absolute Gasteiger partial charge is 0.417 e. The number of nitrogens with one attached hydrogen (secondary N) is 1. The summed E-state index contributed by atoms with van der Waals surface area (Å²) in [7, 11) is -8.30. The van der Waals surface area contributed by atoms with E-state index in [-0.39, 0.29) is 77.8 Å². The molecule has 0 atom stereocenters. The van der Waals surface area contributed by atoms with Gasteiger partial charge in [0, 0.05) is 58.4 Å². The molecule has 42 heteroatoms. The Labute approximate surface area is 619 Å². The van der Waals surface area contributed by atoms with E-state index in [9.17, 15) is 79.2 Å². The van der Waals surface area contributed by atoms with Crippen molar-refractivity contribution in [2.24, 2.45) is 0 Å². The molecule has 22 nitrogen and oxygen atoms in total. The molecule has 3 aromatic carbocycles. The van der Waals surface area contributed by atoms with Crippen LogP contribution in [0.5, 0.6) is 0 Å². The number of carbonyl (C=O) groups excluding carboxylic acids is 3. The number of nitrogens with zero attached hydrogens (tertiary/aromatic N) is 9. The van der Waals surface area contributed by atoms with E-state index in [1.54, 1.807) is 48.7 Å². The zero-order chi connectivity index (χ0) is 75.2. The number of hydrogen-bond acceptors (Lipinski definition) is 18. The first-order chi connectivity index (χ1) is 47.2. The summed E-state index contributed by atoms with van der Waals surface area (Å²) in [6, 6.07) is 24.3. The fourth-order valence-electron chi connectivity index (χ4n) is 7.93. The number of rotatable bonds is 19. The van der Waals surface area contributed by atoms with E-state index in [1.807, 2.05) is 0 Å². The number of hydroxylamine groups is 2. The van der Waals surface area contributed by atoms with Gasteiger partial charge in [0.1, 0.15) is 46.5 Å². The molecule has 9 rings (SSSR count). The van der Waals surface area contributed by atoms with Crippen LogP contribution >= 0.6 is 97.9 Å². The number of halogens is 17. The SMILES string of the molecule is COCN(c1cc(Cl)cnc1Br)S(=O)(=O)c1ccc(Cl)c(C(F)(F)F)c1.COCN(c1cc(Cl)cnc1C(=O)c1ccccn1)S(=O)(=O)c1ccc(Cl)c(C(F)(F)F)c1.CON(C)C(=O)c1ccccn1.Cl.O=C(c1ccccn1)c1ncc(Cl)cc1NS(=O)(=O)c1ccc(Cl)c(C(F)(F)F)c1. The highest BCUT2D eigenvalue weighted by molar-refractivity contribution is 9.10. The van der Waals surface area contributed by atoms with Crippen molar-refractivity contribution in [1.29, 1.82) is 0 Å². The van der Waals surface area contributed by atoms with Gasteiger partial charge in [-0.15, -0.1) is 12.4 Å². The predicted octanol–water partition coefficient (Wildman–Crippen LogP) is 15.8. The van der Waals surface area contributed by atoms with Gasteiger partial charge in [0.2, 0.25) is 11.6 Å². The molecule has 9 aromatic rings. The second-order valence-electron chi connectivity index (χ2n) is 19.4. The number of sulfonamides is 3. The maximum absolute atomic E-state index is 13.4. The monoisotopic (exact) mass is 1690 g/mol. The number of alkyl halides is 9. The summed E-state index contributed by atoms with van der Waals surface area (Å²) in [4.78, 5) is 63.0. The third-order valence-corrected chi connectivity index (χ3v) is 19.7. The first-order valence-electron chi connectivity index (χ1n) is 27.1. The van der Waals surface area contributed by atoms with Crippen molar-refractivity contribution in [1.82, 2.24) is 35.0 Å². The van der Waals surface area contributed by atoms with Crippen LogP contribution in [-0.4, -0.2) is 120 Å². The molecule has 1 amide bonds. The van der Waals surface area contributed by atoms with Gasteiger partial charge >= 0.3 is 18.5 Å². The van der Waals surface area contributed by atoms with E-state index < -0.39 is 120 Å². The van der Waals surface area contributed by atoms with E-state index in [0.717, 1.165) is 70.3 Å². The standard InChI is InChI=1S/C20H14Cl2F3N3O4S.C18H10Cl2F3N3O3S.C14H10BrCl2F3N2O3S.C8H10N2O2.ClH/c1-32-11-28(33(30,31)13-5-6-15(22)14(9-13)20(23,24)25)17-8-12(21)10-27-18(17)19(29)16-4-2-3-7-26-16;19-10-7-15(16(25-9-10)17(27)14-3-1-2-6-24-14)26-30(28,29)11-4-5-13(20)12(8-11)18(21,22)23;1-25-7-22(12-4-8(16)6-21-13(12)15)26(23,24)9-2-3-11(17)10(5-9)14(18,19)20;1-10(12-2)8(11)7-5-3-4-6-9-7;/h2-10H,11H2,1H3;1-9,26H;2-6H,7H2,1H3;3-6H,1-2H3;1H. The Morgan fingerprint density at radius 3 is 1.25 bits per heavy atom. The molecule has 0 spiro atoms. The summed E-state index contributed by atoms with van der Waals surface area (Å²) in [5.41, 5.74) is -4.88. The second kappa shape index (κ2) is 36.2. The average molecular weight is 1690 g/mol. The summed E-state index contributed by atoms with van der Waals surface area (Å²) in [6.45, 7) is -1.14. The average Bonchev–Trinajstić information content (AvgIpc) is 0.808. The highest BCUT2D eigenvalue weighted by Crippen LogP contribution is 2.41. The highest BCUT2D eigenvalue weighted by atomic mass is 79.9. The molecule has 0 fully saturated rings. The number of carbonyl (C=O) groups is 3. The van der Waals surface area contributed by atoms with Gasteiger partial charge < -0.3 is 9.47 Å². The molecule has 0 saturated carbocycles. The fourth-order valence-corrected chi connectivity index (χ4v) is 13.5. The lowest BCUT2D eigenvalue weighted by Crippen LogP contribution is -2.34. The molecule has 0 radical (unpaired) electrons. The molecular formula is C60H45BrCl7F9N10O12S3. The van der Waals surface area contributed by atoms with Gasteiger partial charge in [-0.2, -0.15) is 39.5 Å². The van der Waals surface area contributed by atoms with Crippen LogP contribution < -0.4 is 13.3 Å². The molecule has 0 aliphatic rings. The number of ether oxygens (including phenoxy) is 2. The van der Waals surface area contributed by atoms with Crippen molar-refractivity contribution in [2.45, 2.75) is 33.2 Å². The summed E-state index contributed by atoms with van der Waals surface area (Å²) in [5.74, 6) is -1.69. The van der Waals surface area contributed by atoms with Crippen LogP contribution in [0.2, 0.25) is 30.1 Å². The van der Waals surface area contributed by atoms with E-state index in [0.29, 0.717) is 28.2 Å². The lowest BCUT2D eigenvalue weighted by Gasteiger charge is -2.25. The molecule has 6 heterocycles. The minimum absolute atomic E-state index is 0. The van der Waals surface area contributed by atoms with E-state index in [1.165, 1.54) is 65.2 Å². The molecule has 0 saturated heterocycles. The molecular weight excluding hydrogens is 1650 g/mol. The molecule has 544 valence electrons. The number of anilines is 3. The van der Waals surface area contributed by atoms with Crippen LogP contribution in [0, 0.1) is 0 Å². The third kappa shape index (κ3) is 22.0. The van der Waals surface area contributed by atoms with Crippen LogP contribution in [0.25, 0.3) is 0 Å². The molecule has 102 heavy (non-hydrogen) atoms. The summed E-state index contributed by atoms with van der Waals surface area (Å²) in [5, 5.41) is -0.704. The van der Waals surface area contributed by atoms with E-state index in [2.05, 4.69) is 50.6 Å². The molecule has 6 aromatic heterocycles. The van der Waals surface area contributed by atoms with Crippen molar-refractivity contribution in [3.05, 3.63) is 244 Å². The quantitative estimate of drug-likeness (QED) is 0.0259. The van der Waals surface area contributed by atoms with Crippen molar-refractivity contribution >= 4 is 163 Å². The number of amides is 1. The van der Waals surface area contributed by atoms with Crippen LogP contribution in [0.4, 0.5) is 56.6 Å². The van der Waals surface area contributed by atoms with Crippen molar-refractivity contribution in [2.75, 3.05) is 55.2 Å². The predicted molar refractivity (Wildman–Crippen MR) is 365 cm³/mol. The Hall–Kier alpha value is -7.62. The number of methoxy groups -OCH3 is 2. The molecule has 0 bridgehead atoms. The van der Waals surface area contributed by atoms with Gasteiger partial charge in [-0.05, 0) is 125 Å². The Bertz CT molecular complexity index is 4840. The zero-order valence-electron chi connectivity index (χ0n) is 51.6. The molecule has 0 aliphatic carbocycles. The Kier molecular flexibility index (Phi) is 30.2. The van der Waals surface area contributed by atoms with E-state index >= 15 is 0 Å².